The largest absolute Gasteiger partial charge is 0.268 e. The molecule has 0 atom stereocenters. The normalized spacial score (nSPS) is 16.6. The molecule has 0 saturated heterocycles. The lowest BCUT2D eigenvalue weighted by atomic mass is 9.96. The van der Waals surface area contributed by atoms with Crippen molar-refractivity contribution in [2.45, 2.75) is 43.9 Å². The van der Waals surface area contributed by atoms with Crippen LogP contribution in [0.3, 0.4) is 0 Å². The van der Waals surface area contributed by atoms with E-state index >= 15 is 0 Å². The highest BCUT2D eigenvalue weighted by Gasteiger charge is 2.14. The lowest BCUT2D eigenvalue weighted by Gasteiger charge is -2.17. The van der Waals surface area contributed by atoms with Crippen LogP contribution in [0.4, 0.5) is 0 Å². The summed E-state index contributed by atoms with van der Waals surface area (Å²) in [5, 5.41) is 0. The van der Waals surface area contributed by atoms with E-state index in [4.69, 9.17) is 4.99 Å². The van der Waals surface area contributed by atoms with Crippen molar-refractivity contribution in [1.29, 1.82) is 0 Å². The minimum atomic E-state index is -3.09. The molecule has 1 heterocycles. The summed E-state index contributed by atoms with van der Waals surface area (Å²) in [6.07, 6.45) is 8.72. The zero-order valence-electron chi connectivity index (χ0n) is 15.0. The Morgan fingerprint density at radius 2 is 1.77 bits per heavy atom. The van der Waals surface area contributed by atoms with Gasteiger partial charge in [-0.1, -0.05) is 37.5 Å². The molecule has 1 aliphatic rings. The van der Waals surface area contributed by atoms with Crippen molar-refractivity contribution in [3.63, 3.8) is 0 Å². The molecule has 1 aliphatic carbocycles. The molecule has 0 bridgehead atoms. The van der Waals surface area contributed by atoms with E-state index in [1.807, 2.05) is 18.2 Å². The van der Waals surface area contributed by atoms with E-state index in [2.05, 4.69) is 0 Å². The Bertz CT molecular complexity index is 938. The highest BCUT2D eigenvalue weighted by molar-refractivity contribution is 7.89. The molecule has 138 valence electrons. The Balaban J connectivity index is 1.87. The van der Waals surface area contributed by atoms with Crippen LogP contribution in [0.2, 0.25) is 0 Å². The summed E-state index contributed by atoms with van der Waals surface area (Å²) in [6, 6.07) is 12.6. The Morgan fingerprint density at radius 1 is 1.08 bits per heavy atom. The number of rotatable bonds is 4. The van der Waals surface area contributed by atoms with Crippen molar-refractivity contribution in [2.24, 2.45) is 4.99 Å². The summed E-state index contributed by atoms with van der Waals surface area (Å²) in [5.74, 6) is -0.187. The van der Waals surface area contributed by atoms with Gasteiger partial charge in [0.2, 0.25) is 0 Å². The summed E-state index contributed by atoms with van der Waals surface area (Å²) >= 11 is 0. The molecular formula is C20H24N2O3S. The van der Waals surface area contributed by atoms with E-state index in [1.165, 1.54) is 25.5 Å². The minimum absolute atomic E-state index is 0.0256. The molecule has 0 aliphatic heterocycles. The Hall–Kier alpha value is -2.21. The lowest BCUT2D eigenvalue weighted by Crippen LogP contribution is -2.29. The predicted octanol–water partition coefficient (Wildman–Crippen LogP) is 2.95. The topological polar surface area (TPSA) is 68.5 Å². The van der Waals surface area contributed by atoms with Gasteiger partial charge in [0.25, 0.3) is 5.91 Å². The van der Waals surface area contributed by atoms with Gasteiger partial charge < -0.3 is 0 Å². The maximum Gasteiger partial charge on any atom is 0.263 e. The van der Waals surface area contributed by atoms with Gasteiger partial charge in [-0.15, -0.1) is 0 Å². The third kappa shape index (κ3) is 4.91. The van der Waals surface area contributed by atoms with E-state index < -0.39 is 9.84 Å². The van der Waals surface area contributed by atoms with Crippen molar-refractivity contribution < 1.29 is 13.2 Å². The standard InChI is InChI=1S/C20H24N2O3S/c1-26(24,25)15-16-10-12-17(13-11-16)20(23)22-14-6-5-9-19(22)21-18-7-3-2-4-8-18/h5-6,9-14,18H,2-4,7-8,15H2,1H3. The average Bonchev–Trinajstić information content (AvgIpc) is 2.62. The molecule has 0 N–H and O–H groups in total. The van der Waals surface area contributed by atoms with E-state index in [9.17, 15) is 13.2 Å². The summed E-state index contributed by atoms with van der Waals surface area (Å²) in [5.41, 5.74) is 1.86. The van der Waals surface area contributed by atoms with Gasteiger partial charge in [0.05, 0.1) is 11.8 Å². The number of benzene rings is 1. The van der Waals surface area contributed by atoms with E-state index in [-0.39, 0.29) is 17.7 Å². The number of carbonyl (C=O) groups is 1. The second-order valence-electron chi connectivity index (χ2n) is 6.92. The van der Waals surface area contributed by atoms with Crippen LogP contribution in [0.25, 0.3) is 0 Å². The maximum atomic E-state index is 12.9. The number of aromatic nitrogens is 1. The van der Waals surface area contributed by atoms with Crippen LogP contribution < -0.4 is 5.49 Å². The van der Waals surface area contributed by atoms with Crippen LogP contribution in [0.15, 0.2) is 53.7 Å². The van der Waals surface area contributed by atoms with Crippen LogP contribution in [0.1, 0.15) is 48.0 Å². The first-order valence-electron chi connectivity index (χ1n) is 8.95. The summed E-state index contributed by atoms with van der Waals surface area (Å²) < 4.78 is 24.4. The number of pyridine rings is 1. The minimum Gasteiger partial charge on any atom is -0.268 e. The van der Waals surface area contributed by atoms with Crippen molar-refractivity contribution >= 4 is 15.7 Å². The summed E-state index contributed by atoms with van der Waals surface area (Å²) in [7, 11) is -3.09. The molecule has 0 unspecified atom stereocenters. The Kier molecular flexibility index (Phi) is 5.71. The number of hydrogen-bond donors (Lipinski definition) is 0. The van der Waals surface area contributed by atoms with Crippen LogP contribution in [0.5, 0.6) is 0 Å². The van der Waals surface area contributed by atoms with Crippen LogP contribution in [0, 0.1) is 0 Å². The maximum absolute atomic E-state index is 12.9. The molecule has 5 nitrogen and oxygen atoms in total. The number of hydrogen-bond acceptors (Lipinski definition) is 4. The monoisotopic (exact) mass is 372 g/mol. The fourth-order valence-corrected chi connectivity index (χ4v) is 4.09. The van der Waals surface area contributed by atoms with Gasteiger partial charge >= 0.3 is 0 Å². The van der Waals surface area contributed by atoms with Crippen molar-refractivity contribution in [2.75, 3.05) is 6.26 Å². The van der Waals surface area contributed by atoms with Crippen LogP contribution in [-0.4, -0.2) is 31.2 Å². The second kappa shape index (κ2) is 7.99. The summed E-state index contributed by atoms with van der Waals surface area (Å²) in [6.45, 7) is 0. The van der Waals surface area contributed by atoms with E-state index in [1.54, 1.807) is 35.0 Å². The summed E-state index contributed by atoms with van der Waals surface area (Å²) in [4.78, 5) is 17.7. The first kappa shape index (κ1) is 18.6. The molecule has 0 amide bonds. The predicted molar refractivity (Wildman–Crippen MR) is 102 cm³/mol. The van der Waals surface area contributed by atoms with Gasteiger partial charge in [-0.05, 0) is 42.7 Å². The zero-order chi connectivity index (χ0) is 18.6. The molecule has 26 heavy (non-hydrogen) atoms. The number of nitrogens with zero attached hydrogens (tertiary/aromatic N) is 2. The molecule has 6 heteroatoms. The fraction of sp³-hybridized carbons (Fsp3) is 0.400. The van der Waals surface area contributed by atoms with Crippen molar-refractivity contribution in [1.82, 2.24) is 4.57 Å². The molecule has 0 spiro atoms. The number of sulfone groups is 1. The Morgan fingerprint density at radius 3 is 2.42 bits per heavy atom. The van der Waals surface area contributed by atoms with Gasteiger partial charge in [-0.25, -0.2) is 8.42 Å². The molecule has 1 saturated carbocycles. The quantitative estimate of drug-likeness (QED) is 0.829. The SMILES string of the molecule is CS(=O)(=O)Cc1ccc(C(=O)n2ccccc2=NC2CCCCC2)cc1. The highest BCUT2D eigenvalue weighted by atomic mass is 32.2. The third-order valence-electron chi connectivity index (χ3n) is 4.58. The fourth-order valence-electron chi connectivity index (χ4n) is 3.29. The molecule has 2 aromatic rings. The highest BCUT2D eigenvalue weighted by Crippen LogP contribution is 2.19. The lowest BCUT2D eigenvalue weighted by molar-refractivity contribution is 0.0954. The first-order valence-corrected chi connectivity index (χ1v) is 11.0. The first-order chi connectivity index (χ1) is 12.4. The Labute approximate surface area is 154 Å². The zero-order valence-corrected chi connectivity index (χ0v) is 15.8. The van der Waals surface area contributed by atoms with Gasteiger partial charge in [-0.2, -0.15) is 0 Å². The van der Waals surface area contributed by atoms with Crippen molar-refractivity contribution in [3.05, 3.63) is 65.3 Å². The van der Waals surface area contributed by atoms with E-state index in [0.29, 0.717) is 16.6 Å². The third-order valence-corrected chi connectivity index (χ3v) is 5.43. The average molecular weight is 372 g/mol. The van der Waals surface area contributed by atoms with Gasteiger partial charge in [-0.3, -0.25) is 14.4 Å². The second-order valence-corrected chi connectivity index (χ2v) is 9.06. The molecule has 1 fully saturated rings. The van der Waals surface area contributed by atoms with E-state index in [0.717, 1.165) is 12.8 Å². The van der Waals surface area contributed by atoms with Crippen molar-refractivity contribution in [3.8, 4) is 0 Å². The molecule has 3 rings (SSSR count). The smallest absolute Gasteiger partial charge is 0.263 e. The van der Waals surface area contributed by atoms with Crippen LogP contribution >= 0.6 is 0 Å². The molecule has 1 aromatic heterocycles. The molecular weight excluding hydrogens is 348 g/mol. The van der Waals surface area contributed by atoms with Crippen LogP contribution in [-0.2, 0) is 15.6 Å². The van der Waals surface area contributed by atoms with Gasteiger partial charge in [0.1, 0.15) is 5.49 Å². The molecule has 1 aromatic carbocycles. The van der Waals surface area contributed by atoms with Gasteiger partial charge in [0, 0.05) is 18.0 Å². The molecule has 0 radical (unpaired) electrons. The van der Waals surface area contributed by atoms with Gasteiger partial charge in [0.15, 0.2) is 9.84 Å². The number of carbonyl (C=O) groups excluding carboxylic acids is 1.